The van der Waals surface area contributed by atoms with Crippen LogP contribution < -0.4 is 4.73 Å². The van der Waals surface area contributed by atoms with Gasteiger partial charge in [0, 0.05) is 16.8 Å². The van der Waals surface area contributed by atoms with E-state index in [0.717, 1.165) is 12.1 Å². The molecule has 0 atom stereocenters. The molecule has 0 spiro atoms. The molecule has 0 unspecified atom stereocenters. The monoisotopic (exact) mass is 346 g/mol. The number of aromatic amines is 1. The van der Waals surface area contributed by atoms with E-state index in [9.17, 15) is 18.4 Å². The first-order chi connectivity index (χ1) is 10.3. The Morgan fingerprint density at radius 1 is 1.09 bits per heavy atom. The molecule has 8 heteroatoms. The van der Waals surface area contributed by atoms with Gasteiger partial charge in [-0.1, -0.05) is 17.7 Å². The molecular formula is C14H7Cl2F3N2O. The first-order valence-electron chi connectivity index (χ1n) is 6.05. The minimum Gasteiger partial charge on any atom is -0.618 e. The summed E-state index contributed by atoms with van der Waals surface area (Å²) >= 11 is 11.9. The van der Waals surface area contributed by atoms with Gasteiger partial charge in [0.2, 0.25) is 0 Å². The number of fused-ring (bicyclic) bond motifs is 1. The molecule has 0 aliphatic heterocycles. The van der Waals surface area contributed by atoms with E-state index in [2.05, 4.69) is 4.98 Å². The Kier molecular flexibility index (Phi) is 3.45. The molecule has 0 saturated heterocycles. The highest BCUT2D eigenvalue weighted by molar-refractivity contribution is 6.35. The average Bonchev–Trinajstić information content (AvgIpc) is 2.92. The predicted molar refractivity (Wildman–Crippen MR) is 77.7 cm³/mol. The minimum absolute atomic E-state index is 0.0250. The number of benzene rings is 1. The van der Waals surface area contributed by atoms with Crippen molar-refractivity contribution in [3.63, 3.8) is 0 Å². The molecule has 3 nitrogen and oxygen atoms in total. The minimum atomic E-state index is -4.48. The summed E-state index contributed by atoms with van der Waals surface area (Å²) in [6, 6.07) is 4.58. The second-order valence-electron chi connectivity index (χ2n) is 4.62. The molecule has 3 rings (SSSR count). The Hall–Kier alpha value is -1.92. The summed E-state index contributed by atoms with van der Waals surface area (Å²) < 4.78 is 38.5. The van der Waals surface area contributed by atoms with Crippen LogP contribution in [0.3, 0.4) is 0 Å². The van der Waals surface area contributed by atoms with Gasteiger partial charge in [0.25, 0.3) is 5.15 Å². The lowest BCUT2D eigenvalue weighted by Gasteiger charge is -2.11. The van der Waals surface area contributed by atoms with Crippen molar-refractivity contribution in [2.45, 2.75) is 6.18 Å². The number of rotatable bonds is 1. The van der Waals surface area contributed by atoms with Gasteiger partial charge < -0.3 is 10.2 Å². The van der Waals surface area contributed by atoms with Crippen LogP contribution in [-0.4, -0.2) is 4.98 Å². The summed E-state index contributed by atoms with van der Waals surface area (Å²) in [5.41, 5.74) is 0.355. The smallest absolute Gasteiger partial charge is 0.416 e. The van der Waals surface area contributed by atoms with Crippen LogP contribution in [0.5, 0.6) is 0 Å². The van der Waals surface area contributed by atoms with Gasteiger partial charge in [-0.2, -0.15) is 17.9 Å². The second-order valence-corrected chi connectivity index (χ2v) is 5.38. The largest absolute Gasteiger partial charge is 0.618 e. The predicted octanol–water partition coefficient (Wildman–Crippen LogP) is 4.79. The van der Waals surface area contributed by atoms with Crippen LogP contribution in [-0.2, 0) is 6.18 Å². The van der Waals surface area contributed by atoms with Crippen molar-refractivity contribution in [2.75, 3.05) is 0 Å². The summed E-state index contributed by atoms with van der Waals surface area (Å²) in [6.45, 7) is 0. The zero-order chi connectivity index (χ0) is 16.1. The maximum absolute atomic E-state index is 12.7. The lowest BCUT2D eigenvalue weighted by Crippen LogP contribution is -2.27. The van der Waals surface area contributed by atoms with Crippen LogP contribution in [0.2, 0.25) is 10.2 Å². The van der Waals surface area contributed by atoms with Crippen molar-refractivity contribution < 1.29 is 17.9 Å². The molecule has 0 radical (unpaired) electrons. The molecule has 0 bridgehead atoms. The number of alkyl halides is 3. The summed E-state index contributed by atoms with van der Waals surface area (Å²) in [5, 5.41) is 12.1. The Balaban J connectivity index is 2.24. The standard InChI is InChI=1S/C14H7Cl2F3N2O/c15-11-5-7(14(17,18)19)1-2-8(11)10-6-21(22)13(16)9-3-4-20-12(9)10/h1-6,20H. The van der Waals surface area contributed by atoms with Crippen molar-refractivity contribution in [1.29, 1.82) is 0 Å². The lowest BCUT2D eigenvalue weighted by molar-refractivity contribution is -0.601. The zero-order valence-corrected chi connectivity index (χ0v) is 12.2. The first-order valence-corrected chi connectivity index (χ1v) is 6.80. The molecule has 2 heterocycles. The number of nitrogens with zero attached hydrogens (tertiary/aromatic N) is 1. The maximum atomic E-state index is 12.7. The molecule has 0 fully saturated rings. The third-order valence-electron chi connectivity index (χ3n) is 3.27. The van der Waals surface area contributed by atoms with E-state index < -0.39 is 11.7 Å². The van der Waals surface area contributed by atoms with Gasteiger partial charge in [0.1, 0.15) is 0 Å². The number of H-pyrrole nitrogens is 1. The molecule has 3 aromatic rings. The maximum Gasteiger partial charge on any atom is 0.416 e. The number of halogens is 5. The van der Waals surface area contributed by atoms with Crippen molar-refractivity contribution in [3.05, 3.63) is 57.6 Å². The first kappa shape index (κ1) is 15.0. The van der Waals surface area contributed by atoms with Gasteiger partial charge in [-0.05, 0) is 29.8 Å². The van der Waals surface area contributed by atoms with Crippen LogP contribution in [0.15, 0.2) is 36.7 Å². The second kappa shape index (κ2) is 5.07. The SMILES string of the molecule is [O-][n+]1cc(-c2ccc(C(F)(F)F)cc2Cl)c2[nH]ccc2c1Cl. The molecule has 0 aliphatic carbocycles. The highest BCUT2D eigenvalue weighted by Gasteiger charge is 2.31. The Bertz CT molecular complexity index is 874. The van der Waals surface area contributed by atoms with E-state index in [4.69, 9.17) is 23.2 Å². The molecule has 2 aromatic heterocycles. The summed E-state index contributed by atoms with van der Waals surface area (Å²) in [4.78, 5) is 2.91. The Morgan fingerprint density at radius 2 is 1.82 bits per heavy atom. The third-order valence-corrected chi connectivity index (χ3v) is 3.95. The van der Waals surface area contributed by atoms with E-state index in [1.165, 1.54) is 12.3 Å². The van der Waals surface area contributed by atoms with E-state index in [-0.39, 0.29) is 10.2 Å². The van der Waals surface area contributed by atoms with E-state index in [1.807, 2.05) is 0 Å². The molecule has 114 valence electrons. The topological polar surface area (TPSA) is 42.7 Å². The summed E-state index contributed by atoms with van der Waals surface area (Å²) in [6.07, 6.45) is -1.73. The van der Waals surface area contributed by atoms with E-state index in [0.29, 0.717) is 26.8 Å². The van der Waals surface area contributed by atoms with E-state index in [1.54, 1.807) is 12.3 Å². The van der Waals surface area contributed by atoms with Gasteiger partial charge >= 0.3 is 6.18 Å². The molecule has 1 N–H and O–H groups in total. The summed E-state index contributed by atoms with van der Waals surface area (Å²) in [5.74, 6) is 0. The Labute approximate surface area is 132 Å². The van der Waals surface area contributed by atoms with Gasteiger partial charge in [-0.25, -0.2) is 0 Å². The number of nitrogens with one attached hydrogen (secondary N) is 1. The fourth-order valence-electron chi connectivity index (χ4n) is 2.24. The molecule has 0 saturated carbocycles. The van der Waals surface area contributed by atoms with Crippen LogP contribution >= 0.6 is 23.2 Å². The molecular weight excluding hydrogens is 340 g/mol. The number of hydrogen-bond acceptors (Lipinski definition) is 1. The van der Waals surface area contributed by atoms with Crippen LogP contribution in [0.25, 0.3) is 22.0 Å². The summed E-state index contributed by atoms with van der Waals surface area (Å²) in [7, 11) is 0. The fourth-order valence-corrected chi connectivity index (χ4v) is 2.72. The van der Waals surface area contributed by atoms with Gasteiger partial charge in [0.05, 0.1) is 22.0 Å². The number of hydrogen-bond donors (Lipinski definition) is 1. The quantitative estimate of drug-likeness (QED) is 0.384. The van der Waals surface area contributed by atoms with Crippen molar-refractivity contribution >= 4 is 34.1 Å². The van der Waals surface area contributed by atoms with Crippen molar-refractivity contribution in [3.8, 4) is 11.1 Å². The molecule has 1 aromatic carbocycles. The average molecular weight is 347 g/mol. The van der Waals surface area contributed by atoms with Gasteiger partial charge in [-0.3, -0.25) is 0 Å². The molecule has 0 amide bonds. The normalized spacial score (nSPS) is 12.0. The third kappa shape index (κ3) is 2.38. The van der Waals surface area contributed by atoms with E-state index >= 15 is 0 Å². The number of aromatic nitrogens is 2. The Morgan fingerprint density at radius 3 is 2.45 bits per heavy atom. The lowest BCUT2D eigenvalue weighted by atomic mass is 10.0. The highest BCUT2D eigenvalue weighted by Crippen LogP contribution is 2.37. The van der Waals surface area contributed by atoms with Crippen molar-refractivity contribution in [2.24, 2.45) is 0 Å². The van der Waals surface area contributed by atoms with Crippen LogP contribution in [0, 0.1) is 5.21 Å². The van der Waals surface area contributed by atoms with Gasteiger partial charge in [-0.15, -0.1) is 0 Å². The number of pyridine rings is 1. The molecule has 22 heavy (non-hydrogen) atoms. The van der Waals surface area contributed by atoms with Gasteiger partial charge in [0.15, 0.2) is 6.20 Å². The van der Waals surface area contributed by atoms with Crippen LogP contribution in [0.4, 0.5) is 13.2 Å². The molecule has 0 aliphatic rings. The zero-order valence-electron chi connectivity index (χ0n) is 10.7. The van der Waals surface area contributed by atoms with Crippen LogP contribution in [0.1, 0.15) is 5.56 Å². The highest BCUT2D eigenvalue weighted by atomic mass is 35.5. The fraction of sp³-hybridized carbons (Fsp3) is 0.0714. The van der Waals surface area contributed by atoms with Crippen molar-refractivity contribution in [1.82, 2.24) is 4.98 Å².